The van der Waals surface area contributed by atoms with Crippen molar-refractivity contribution in [2.24, 2.45) is 0 Å². The number of phenols is 1. The maximum absolute atomic E-state index is 12.5. The number of likely N-dealkylation sites (tertiary alicyclic amines) is 1. The number of carbonyl (C=O) groups excluding carboxylic acids is 1. The lowest BCUT2D eigenvalue weighted by Gasteiger charge is -2.32. The fourth-order valence-corrected chi connectivity index (χ4v) is 3.69. The highest BCUT2D eigenvalue weighted by molar-refractivity contribution is 7.98. The van der Waals surface area contributed by atoms with Crippen LogP contribution in [0.1, 0.15) is 24.3 Å². The molecule has 2 aromatic carbocycles. The molecule has 1 aliphatic heterocycles. The second kappa shape index (κ2) is 7.62. The zero-order valence-corrected chi connectivity index (χ0v) is 14.6. The zero-order valence-electron chi connectivity index (χ0n) is 13.7. The molecule has 5 heteroatoms. The first-order valence-corrected chi connectivity index (χ1v) is 9.37. The van der Waals surface area contributed by atoms with Gasteiger partial charge in [0.2, 0.25) is 0 Å². The molecule has 0 aliphatic carbocycles. The molecule has 0 aromatic heterocycles. The number of urea groups is 1. The van der Waals surface area contributed by atoms with Crippen molar-refractivity contribution in [3.63, 3.8) is 0 Å². The summed E-state index contributed by atoms with van der Waals surface area (Å²) in [5.74, 6) is 0.709. The van der Waals surface area contributed by atoms with Gasteiger partial charge in [0.15, 0.2) is 0 Å². The van der Waals surface area contributed by atoms with Gasteiger partial charge in [0.05, 0.1) is 5.69 Å². The second-order valence-corrected chi connectivity index (χ2v) is 6.83. The summed E-state index contributed by atoms with van der Waals surface area (Å²) < 4.78 is 0. The minimum absolute atomic E-state index is 0.0362. The Morgan fingerprint density at radius 3 is 2.62 bits per heavy atom. The molecule has 1 heterocycles. The van der Waals surface area contributed by atoms with Crippen LogP contribution in [0.2, 0.25) is 0 Å². The van der Waals surface area contributed by atoms with Gasteiger partial charge in [-0.2, -0.15) is 0 Å². The molecular weight excluding hydrogens is 320 g/mol. The van der Waals surface area contributed by atoms with Crippen LogP contribution in [-0.4, -0.2) is 35.4 Å². The first kappa shape index (κ1) is 16.7. The minimum Gasteiger partial charge on any atom is -0.508 e. The Morgan fingerprint density at radius 1 is 1.17 bits per heavy atom. The molecule has 0 spiro atoms. The first-order valence-electron chi connectivity index (χ1n) is 8.15. The number of piperidine rings is 1. The summed E-state index contributed by atoms with van der Waals surface area (Å²) >= 11 is 1.63. The van der Waals surface area contributed by atoms with Crippen molar-refractivity contribution in [3.8, 4) is 5.75 Å². The third-order valence-electron chi connectivity index (χ3n) is 4.47. The number of benzene rings is 2. The third-order valence-corrected chi connectivity index (χ3v) is 5.27. The highest BCUT2D eigenvalue weighted by Gasteiger charge is 2.24. The molecule has 0 radical (unpaired) electrons. The topological polar surface area (TPSA) is 52.6 Å². The van der Waals surface area contributed by atoms with Crippen LogP contribution in [0.25, 0.3) is 0 Å². The van der Waals surface area contributed by atoms with Gasteiger partial charge in [-0.3, -0.25) is 0 Å². The SMILES string of the molecule is CSc1ccccc1NC(=O)N1CCC(c2cccc(O)c2)CC1. The second-order valence-electron chi connectivity index (χ2n) is 5.99. The highest BCUT2D eigenvalue weighted by Crippen LogP contribution is 2.30. The summed E-state index contributed by atoms with van der Waals surface area (Å²) in [6.07, 6.45) is 3.84. The summed E-state index contributed by atoms with van der Waals surface area (Å²) in [6.45, 7) is 1.46. The lowest BCUT2D eigenvalue weighted by atomic mass is 9.89. The average Bonchev–Trinajstić information content (AvgIpc) is 2.62. The van der Waals surface area contributed by atoms with Crippen molar-refractivity contribution in [1.29, 1.82) is 0 Å². The molecule has 24 heavy (non-hydrogen) atoms. The van der Waals surface area contributed by atoms with E-state index in [1.807, 2.05) is 47.6 Å². The van der Waals surface area contributed by atoms with Gasteiger partial charge in [0.25, 0.3) is 0 Å². The number of nitrogens with one attached hydrogen (secondary N) is 1. The van der Waals surface area contributed by atoms with Crippen LogP contribution >= 0.6 is 11.8 Å². The number of nitrogens with zero attached hydrogens (tertiary/aromatic N) is 1. The molecule has 2 amide bonds. The van der Waals surface area contributed by atoms with Gasteiger partial charge >= 0.3 is 6.03 Å². The predicted molar refractivity (Wildman–Crippen MR) is 98.9 cm³/mol. The number of hydrogen-bond donors (Lipinski definition) is 2. The van der Waals surface area contributed by atoms with E-state index in [0.717, 1.165) is 42.1 Å². The number of amides is 2. The predicted octanol–water partition coefficient (Wildman–Crippen LogP) is 4.53. The van der Waals surface area contributed by atoms with E-state index in [9.17, 15) is 9.90 Å². The van der Waals surface area contributed by atoms with Gasteiger partial charge in [-0.15, -0.1) is 11.8 Å². The monoisotopic (exact) mass is 342 g/mol. The number of aromatic hydroxyl groups is 1. The van der Waals surface area contributed by atoms with Crippen molar-refractivity contribution < 1.29 is 9.90 Å². The molecule has 2 aromatic rings. The Hall–Kier alpha value is -2.14. The fourth-order valence-electron chi connectivity index (χ4n) is 3.14. The molecular formula is C19H22N2O2S. The Kier molecular flexibility index (Phi) is 5.30. The normalized spacial score (nSPS) is 15.3. The summed E-state index contributed by atoms with van der Waals surface area (Å²) in [6, 6.07) is 15.3. The van der Waals surface area contributed by atoms with E-state index in [2.05, 4.69) is 11.4 Å². The molecule has 0 unspecified atom stereocenters. The minimum atomic E-state index is -0.0362. The van der Waals surface area contributed by atoms with Crippen molar-refractivity contribution in [3.05, 3.63) is 54.1 Å². The molecule has 0 bridgehead atoms. The number of anilines is 1. The summed E-state index contributed by atoms with van der Waals surface area (Å²) in [7, 11) is 0. The number of thioether (sulfide) groups is 1. The van der Waals surface area contributed by atoms with Gasteiger partial charge in [0.1, 0.15) is 5.75 Å². The van der Waals surface area contributed by atoms with Crippen LogP contribution in [0, 0.1) is 0 Å². The number of phenolic OH excluding ortho intramolecular Hbond substituents is 1. The van der Waals surface area contributed by atoms with E-state index < -0.39 is 0 Å². The van der Waals surface area contributed by atoms with E-state index in [-0.39, 0.29) is 6.03 Å². The lowest BCUT2D eigenvalue weighted by molar-refractivity contribution is 0.194. The molecule has 1 aliphatic rings. The van der Waals surface area contributed by atoms with E-state index in [1.165, 1.54) is 0 Å². The molecule has 2 N–H and O–H groups in total. The van der Waals surface area contributed by atoms with Crippen LogP contribution in [0.3, 0.4) is 0 Å². The molecule has 0 saturated carbocycles. The number of para-hydroxylation sites is 1. The van der Waals surface area contributed by atoms with Crippen molar-refractivity contribution in [1.82, 2.24) is 4.90 Å². The third kappa shape index (κ3) is 3.85. The first-order chi connectivity index (χ1) is 11.7. The van der Waals surface area contributed by atoms with Gasteiger partial charge < -0.3 is 15.3 Å². The summed E-state index contributed by atoms with van der Waals surface area (Å²) in [5.41, 5.74) is 2.02. The van der Waals surface area contributed by atoms with Gasteiger partial charge in [-0.05, 0) is 54.8 Å². The molecule has 1 fully saturated rings. The fraction of sp³-hybridized carbons (Fsp3) is 0.316. The number of carbonyl (C=O) groups is 1. The average molecular weight is 342 g/mol. The standard InChI is InChI=1S/C19H22N2O2S/c1-24-18-8-3-2-7-17(18)20-19(23)21-11-9-14(10-12-21)15-5-4-6-16(22)13-15/h2-8,13-14,22H,9-12H2,1H3,(H,20,23). The van der Waals surface area contributed by atoms with Crippen LogP contribution in [0.4, 0.5) is 10.5 Å². The maximum atomic E-state index is 12.5. The van der Waals surface area contributed by atoms with Crippen LogP contribution in [0.15, 0.2) is 53.4 Å². The van der Waals surface area contributed by atoms with Gasteiger partial charge in [0, 0.05) is 18.0 Å². The summed E-state index contributed by atoms with van der Waals surface area (Å²) in [5, 5.41) is 12.6. The van der Waals surface area contributed by atoms with Crippen LogP contribution in [-0.2, 0) is 0 Å². The zero-order chi connectivity index (χ0) is 16.9. The van der Waals surface area contributed by atoms with Crippen LogP contribution in [0.5, 0.6) is 5.75 Å². The van der Waals surface area contributed by atoms with Crippen LogP contribution < -0.4 is 5.32 Å². The largest absolute Gasteiger partial charge is 0.508 e. The van der Waals surface area contributed by atoms with E-state index in [4.69, 9.17) is 0 Å². The van der Waals surface area contributed by atoms with Crippen molar-refractivity contribution >= 4 is 23.5 Å². The quantitative estimate of drug-likeness (QED) is 0.806. The smallest absolute Gasteiger partial charge is 0.321 e. The highest BCUT2D eigenvalue weighted by atomic mass is 32.2. The number of hydrogen-bond acceptors (Lipinski definition) is 3. The van der Waals surface area contributed by atoms with Gasteiger partial charge in [-0.25, -0.2) is 4.79 Å². The molecule has 126 valence electrons. The molecule has 4 nitrogen and oxygen atoms in total. The van der Waals surface area contributed by atoms with E-state index in [1.54, 1.807) is 17.8 Å². The maximum Gasteiger partial charge on any atom is 0.321 e. The van der Waals surface area contributed by atoms with E-state index >= 15 is 0 Å². The Morgan fingerprint density at radius 2 is 1.92 bits per heavy atom. The van der Waals surface area contributed by atoms with Crippen molar-refractivity contribution in [2.75, 3.05) is 24.7 Å². The molecule has 1 saturated heterocycles. The Labute approximate surface area is 146 Å². The number of rotatable bonds is 3. The van der Waals surface area contributed by atoms with E-state index in [0.29, 0.717) is 11.7 Å². The van der Waals surface area contributed by atoms with Gasteiger partial charge in [-0.1, -0.05) is 24.3 Å². The van der Waals surface area contributed by atoms with Crippen molar-refractivity contribution in [2.45, 2.75) is 23.7 Å². The molecule has 3 rings (SSSR count). The summed E-state index contributed by atoms with van der Waals surface area (Å²) in [4.78, 5) is 15.4. The Bertz CT molecular complexity index is 712. The molecule has 0 atom stereocenters. The lowest BCUT2D eigenvalue weighted by Crippen LogP contribution is -2.40. The Balaban J connectivity index is 1.59.